The van der Waals surface area contributed by atoms with E-state index in [2.05, 4.69) is 0 Å². The molecule has 0 rings (SSSR count). The van der Waals surface area contributed by atoms with Gasteiger partial charge in [-0.15, -0.1) is 0 Å². The molecule has 0 heterocycles. The Morgan fingerprint density at radius 1 is 0.595 bits per heavy atom. The van der Waals surface area contributed by atoms with E-state index in [0.717, 1.165) is 14.0 Å². The van der Waals surface area contributed by atoms with Gasteiger partial charge in [0.1, 0.15) is 5.54 Å². The van der Waals surface area contributed by atoms with Gasteiger partial charge in [-0.05, 0) is 26.2 Å². The molecule has 3 atom stereocenters. The van der Waals surface area contributed by atoms with E-state index in [1.54, 1.807) is 20.8 Å². The monoisotopic (exact) mass is 615 g/mol. The highest BCUT2D eigenvalue weighted by molar-refractivity contribution is 5.86. The molecule has 0 aliphatic rings. The van der Waals surface area contributed by atoms with Gasteiger partial charge in [-0.25, -0.2) is 0 Å². The summed E-state index contributed by atoms with van der Waals surface area (Å²) in [5.74, 6) is -7.76. The standard InChI is InChI=1S/C10H19NO5.C8H15NO5.C6H11NO5/c1-3-5-10(9(14)15,7-8(12)13)11(16)6-4-2;1-3-8(7(12)13,5-6(10)11)9(14)4-2;1-6(5(10)11,7(2)12)3-4(8)9/h16H,3-7H2,1-2H3,(H,12,13)(H,14,15);14H,3-5H2,1-2H3,(H,10,11)(H,12,13);12H,3H2,1-2H3,(H,8,9)(H,10,11)/t10-;8-;6-/m000/s1. The number of nitrogens with zero attached hydrogens (tertiary/aromatic N) is 3. The molecule has 0 saturated heterocycles. The number of rotatable bonds is 18. The quantitative estimate of drug-likeness (QED) is 0.0978. The molecule has 0 fully saturated rings. The summed E-state index contributed by atoms with van der Waals surface area (Å²) in [4.78, 5) is 64.1. The Balaban J connectivity index is -0.000000549. The topological polar surface area (TPSA) is 294 Å². The molecule has 0 aliphatic carbocycles. The van der Waals surface area contributed by atoms with Gasteiger partial charge < -0.3 is 46.3 Å². The molecule has 0 aromatic carbocycles. The summed E-state index contributed by atoms with van der Waals surface area (Å²) in [6.07, 6.45) is -0.718. The Morgan fingerprint density at radius 3 is 1.21 bits per heavy atom. The molecular formula is C24H45N3O15. The van der Waals surface area contributed by atoms with Crippen LogP contribution in [0.15, 0.2) is 0 Å². The van der Waals surface area contributed by atoms with Crippen LogP contribution >= 0.6 is 0 Å². The van der Waals surface area contributed by atoms with E-state index >= 15 is 0 Å². The molecule has 0 spiro atoms. The zero-order chi connectivity index (χ0) is 34.1. The van der Waals surface area contributed by atoms with Gasteiger partial charge in [0.15, 0.2) is 11.1 Å². The predicted molar refractivity (Wildman–Crippen MR) is 141 cm³/mol. The third-order valence-electron chi connectivity index (χ3n) is 6.33. The van der Waals surface area contributed by atoms with Crippen LogP contribution in [-0.2, 0) is 28.8 Å². The molecule has 18 nitrogen and oxygen atoms in total. The first-order chi connectivity index (χ1) is 19.1. The Labute approximate surface area is 242 Å². The van der Waals surface area contributed by atoms with Crippen molar-refractivity contribution in [2.45, 2.75) is 96.2 Å². The van der Waals surface area contributed by atoms with Crippen LogP contribution in [0.25, 0.3) is 0 Å². The molecule has 0 amide bonds. The van der Waals surface area contributed by atoms with Crippen molar-refractivity contribution >= 4 is 35.8 Å². The van der Waals surface area contributed by atoms with Gasteiger partial charge in [0.05, 0.1) is 19.3 Å². The van der Waals surface area contributed by atoms with E-state index in [1.165, 1.54) is 6.92 Å². The summed E-state index contributed by atoms with van der Waals surface area (Å²) in [6, 6.07) is 0. The third-order valence-corrected chi connectivity index (χ3v) is 6.33. The Bertz CT molecular complexity index is 916. The lowest BCUT2D eigenvalue weighted by Gasteiger charge is -2.34. The van der Waals surface area contributed by atoms with Gasteiger partial charge in [-0.1, -0.05) is 34.1 Å². The summed E-state index contributed by atoms with van der Waals surface area (Å²) < 4.78 is 0. The van der Waals surface area contributed by atoms with Crippen LogP contribution in [0.2, 0.25) is 0 Å². The first-order valence-electron chi connectivity index (χ1n) is 12.8. The molecule has 0 aromatic rings. The highest BCUT2D eigenvalue weighted by Gasteiger charge is 2.45. The largest absolute Gasteiger partial charge is 0.481 e. The molecule has 9 N–H and O–H groups in total. The van der Waals surface area contributed by atoms with Gasteiger partial charge in [0, 0.05) is 20.1 Å². The maximum absolute atomic E-state index is 11.2. The highest BCUT2D eigenvalue weighted by Crippen LogP contribution is 2.26. The Hall–Kier alpha value is -3.42. The molecule has 18 heteroatoms. The zero-order valence-corrected chi connectivity index (χ0v) is 24.7. The number of hydrogen-bond acceptors (Lipinski definition) is 12. The molecule has 0 bridgehead atoms. The highest BCUT2D eigenvalue weighted by atomic mass is 16.5. The van der Waals surface area contributed by atoms with Gasteiger partial charge in [0.25, 0.3) is 0 Å². The zero-order valence-electron chi connectivity index (χ0n) is 24.7. The van der Waals surface area contributed by atoms with Crippen molar-refractivity contribution in [3.63, 3.8) is 0 Å². The summed E-state index contributed by atoms with van der Waals surface area (Å²) >= 11 is 0. The molecule has 246 valence electrons. The molecular weight excluding hydrogens is 570 g/mol. The van der Waals surface area contributed by atoms with Gasteiger partial charge >= 0.3 is 35.8 Å². The number of carboxylic acids is 6. The van der Waals surface area contributed by atoms with Crippen molar-refractivity contribution in [3.05, 3.63) is 0 Å². The molecule has 0 saturated carbocycles. The maximum atomic E-state index is 11.2. The Kier molecular flexibility index (Phi) is 20.1. The van der Waals surface area contributed by atoms with Crippen LogP contribution in [0.4, 0.5) is 0 Å². The number of hydrogen-bond donors (Lipinski definition) is 9. The lowest BCUT2D eigenvalue weighted by atomic mass is 9.89. The van der Waals surface area contributed by atoms with Crippen LogP contribution < -0.4 is 0 Å². The number of hydroxylamine groups is 6. The van der Waals surface area contributed by atoms with Crippen molar-refractivity contribution < 1.29 is 75.0 Å². The summed E-state index contributed by atoms with van der Waals surface area (Å²) in [5, 5.41) is 81.8. The van der Waals surface area contributed by atoms with Crippen LogP contribution in [0.5, 0.6) is 0 Å². The van der Waals surface area contributed by atoms with Crippen LogP contribution in [0.1, 0.15) is 79.6 Å². The second-order valence-electron chi connectivity index (χ2n) is 9.43. The van der Waals surface area contributed by atoms with Crippen molar-refractivity contribution in [1.82, 2.24) is 15.2 Å². The normalized spacial score (nSPS) is 15.1. The van der Waals surface area contributed by atoms with Crippen molar-refractivity contribution in [2.75, 3.05) is 20.1 Å². The molecule has 0 radical (unpaired) electrons. The maximum Gasteiger partial charge on any atom is 0.327 e. The molecule has 0 unspecified atom stereocenters. The van der Waals surface area contributed by atoms with E-state index < -0.39 is 71.7 Å². The number of carbonyl (C=O) groups is 6. The SMILES string of the molecule is CCCN(O)[C@@](CCC)(CC(=O)O)C(=O)O.CCN(O)[C@@](CC)(CC(=O)O)C(=O)O.CN(O)[C@@](C)(CC(=O)O)C(=O)O. The smallest absolute Gasteiger partial charge is 0.327 e. The summed E-state index contributed by atoms with van der Waals surface area (Å²) in [7, 11) is 1.09. The van der Waals surface area contributed by atoms with E-state index in [-0.39, 0.29) is 25.9 Å². The van der Waals surface area contributed by atoms with Crippen LogP contribution in [0.3, 0.4) is 0 Å². The van der Waals surface area contributed by atoms with Gasteiger partial charge in [0.2, 0.25) is 0 Å². The first kappa shape index (κ1) is 43.0. The fourth-order valence-electron chi connectivity index (χ4n) is 3.60. The Morgan fingerprint density at radius 2 is 1.00 bits per heavy atom. The fourth-order valence-corrected chi connectivity index (χ4v) is 3.60. The van der Waals surface area contributed by atoms with Gasteiger partial charge in [-0.3, -0.25) is 28.8 Å². The minimum atomic E-state index is -1.77. The van der Waals surface area contributed by atoms with E-state index in [9.17, 15) is 39.2 Å². The van der Waals surface area contributed by atoms with Crippen molar-refractivity contribution in [1.29, 1.82) is 0 Å². The molecule has 0 aromatic heterocycles. The van der Waals surface area contributed by atoms with Crippen molar-refractivity contribution in [3.8, 4) is 0 Å². The average molecular weight is 616 g/mol. The number of likely N-dealkylation sites (N-methyl/N-ethyl adjacent to an activating group) is 2. The summed E-state index contributed by atoms with van der Waals surface area (Å²) in [6.45, 7) is 7.93. The minimum absolute atomic E-state index is 0.0268. The second-order valence-corrected chi connectivity index (χ2v) is 9.43. The fraction of sp³-hybridized carbons (Fsp3) is 0.750. The molecule has 0 aliphatic heterocycles. The van der Waals surface area contributed by atoms with E-state index in [1.807, 2.05) is 0 Å². The third kappa shape index (κ3) is 13.0. The second kappa shape index (κ2) is 19.7. The van der Waals surface area contributed by atoms with Crippen molar-refractivity contribution in [2.24, 2.45) is 0 Å². The summed E-state index contributed by atoms with van der Waals surface area (Å²) in [5.41, 5.74) is -5.21. The number of carboxylic acid groups (broad SMARTS) is 6. The first-order valence-corrected chi connectivity index (χ1v) is 12.8. The van der Waals surface area contributed by atoms with E-state index in [4.69, 9.17) is 35.8 Å². The van der Waals surface area contributed by atoms with E-state index in [0.29, 0.717) is 28.0 Å². The van der Waals surface area contributed by atoms with Crippen LogP contribution in [0, 0.1) is 0 Å². The lowest BCUT2D eigenvalue weighted by molar-refractivity contribution is -0.204. The predicted octanol–water partition coefficient (Wildman–Crippen LogP) is 1.22. The average Bonchev–Trinajstić information content (AvgIpc) is 2.85. The minimum Gasteiger partial charge on any atom is -0.481 e. The lowest BCUT2D eigenvalue weighted by Crippen LogP contribution is -2.54. The molecule has 42 heavy (non-hydrogen) atoms. The van der Waals surface area contributed by atoms with Crippen LogP contribution in [-0.4, -0.2) is 134 Å². The number of aliphatic carboxylic acids is 6. The van der Waals surface area contributed by atoms with Gasteiger partial charge in [-0.2, -0.15) is 15.2 Å².